The Morgan fingerprint density at radius 3 is 2.65 bits per heavy atom. The number of ether oxygens (including phenoxy) is 1. The van der Waals surface area contributed by atoms with Crippen molar-refractivity contribution in [2.45, 2.75) is 51.7 Å². The van der Waals surface area contributed by atoms with Crippen LogP contribution in [0, 0.1) is 12.8 Å². The van der Waals surface area contributed by atoms with Crippen LogP contribution >= 0.6 is 11.3 Å². The third-order valence-electron chi connectivity index (χ3n) is 7.87. The summed E-state index contributed by atoms with van der Waals surface area (Å²) in [5.41, 5.74) is 5.70. The van der Waals surface area contributed by atoms with E-state index in [2.05, 4.69) is 39.5 Å². The normalized spacial score (nSPS) is 16.9. The first kappa shape index (κ1) is 26.3. The molecule has 2 aliphatic rings. The van der Waals surface area contributed by atoms with Crippen LogP contribution in [0.3, 0.4) is 0 Å². The van der Waals surface area contributed by atoms with Crippen molar-refractivity contribution in [3.05, 3.63) is 111 Å². The Hall–Kier alpha value is -3.97. The van der Waals surface area contributed by atoms with Gasteiger partial charge in [0.05, 0.1) is 6.04 Å². The number of nitrogens with one attached hydrogen (secondary N) is 1. The minimum atomic E-state index is -0.236. The number of carbonyl (C=O) groups is 2. The van der Waals surface area contributed by atoms with E-state index in [1.165, 1.54) is 16.9 Å². The molecule has 40 heavy (non-hydrogen) atoms. The molecule has 0 bridgehead atoms. The maximum Gasteiger partial charge on any atom is 0.275 e. The number of hydrogen-bond donors (Lipinski definition) is 1. The van der Waals surface area contributed by atoms with Crippen molar-refractivity contribution in [3.63, 3.8) is 0 Å². The zero-order valence-electron chi connectivity index (χ0n) is 22.6. The smallest absolute Gasteiger partial charge is 0.275 e. The molecule has 1 atom stereocenters. The first-order valence-electron chi connectivity index (χ1n) is 14.0. The summed E-state index contributed by atoms with van der Waals surface area (Å²) >= 11 is 1.41. The largest absolute Gasteiger partial charge is 0.486 e. The second kappa shape index (κ2) is 11.6. The van der Waals surface area contributed by atoms with E-state index in [-0.39, 0.29) is 30.4 Å². The lowest BCUT2D eigenvalue weighted by molar-refractivity contribution is -0.137. The van der Waals surface area contributed by atoms with Gasteiger partial charge in [-0.2, -0.15) is 0 Å². The standard InChI is InChI=1S/C33H33N3O3S/c1-22-8-7-13-26(18-22)34-32(37)29-21-40-30(35-29)20-39-27-15-14-23-16-17-36(33(38)25-11-5-6-12-25)31(28(23)19-27)24-9-3-2-4-10-24/h2-4,7-10,13-15,18-19,21,25,31H,5-6,11-12,16-17,20H2,1H3,(H,34,37). The Kier molecular flexibility index (Phi) is 7.64. The maximum atomic E-state index is 13.6. The fourth-order valence-corrected chi connectivity index (χ4v) is 6.55. The van der Waals surface area contributed by atoms with Gasteiger partial charge in [-0.3, -0.25) is 9.59 Å². The zero-order valence-corrected chi connectivity index (χ0v) is 23.5. The van der Waals surface area contributed by atoms with Gasteiger partial charge in [0, 0.05) is 23.5 Å². The molecular weight excluding hydrogens is 518 g/mol. The minimum Gasteiger partial charge on any atom is -0.486 e. The fraction of sp³-hybridized carbons (Fsp3) is 0.303. The summed E-state index contributed by atoms with van der Waals surface area (Å²) in [7, 11) is 0. The number of benzene rings is 3. The summed E-state index contributed by atoms with van der Waals surface area (Å²) in [6, 6.07) is 24.1. The molecule has 0 spiro atoms. The van der Waals surface area contributed by atoms with Gasteiger partial charge in [-0.15, -0.1) is 11.3 Å². The summed E-state index contributed by atoms with van der Waals surface area (Å²) in [5.74, 6) is 0.910. The van der Waals surface area contributed by atoms with Crippen LogP contribution in [0.25, 0.3) is 0 Å². The van der Waals surface area contributed by atoms with Crippen LogP contribution in [0.4, 0.5) is 5.69 Å². The van der Waals surface area contributed by atoms with Gasteiger partial charge >= 0.3 is 0 Å². The van der Waals surface area contributed by atoms with Crippen molar-refractivity contribution in [2.75, 3.05) is 11.9 Å². The lowest BCUT2D eigenvalue weighted by Gasteiger charge is -2.39. The van der Waals surface area contributed by atoms with Gasteiger partial charge in [0.2, 0.25) is 5.91 Å². The lowest BCUT2D eigenvalue weighted by Crippen LogP contribution is -2.43. The molecule has 1 saturated carbocycles. The molecule has 6 nitrogen and oxygen atoms in total. The number of carbonyl (C=O) groups excluding carboxylic acids is 2. The molecule has 1 fully saturated rings. The maximum absolute atomic E-state index is 13.6. The van der Waals surface area contributed by atoms with Crippen LogP contribution in [0.5, 0.6) is 5.75 Å². The molecule has 0 saturated heterocycles. The number of fused-ring (bicyclic) bond motifs is 1. The second-order valence-corrected chi connectivity index (χ2v) is 11.6. The summed E-state index contributed by atoms with van der Waals surface area (Å²) < 4.78 is 6.18. The number of hydrogen-bond acceptors (Lipinski definition) is 5. The Balaban J connectivity index is 1.19. The predicted octanol–water partition coefficient (Wildman–Crippen LogP) is 6.95. The topological polar surface area (TPSA) is 71.5 Å². The lowest BCUT2D eigenvalue weighted by atomic mass is 9.87. The number of rotatable bonds is 7. The molecule has 1 unspecified atom stereocenters. The Labute approximate surface area is 239 Å². The van der Waals surface area contributed by atoms with Gasteiger partial charge in [-0.25, -0.2) is 4.98 Å². The molecular formula is C33H33N3O3S. The predicted molar refractivity (Wildman–Crippen MR) is 158 cm³/mol. The summed E-state index contributed by atoms with van der Waals surface area (Å²) in [4.78, 5) is 32.9. The average Bonchev–Trinajstić information content (AvgIpc) is 3.69. The molecule has 1 N–H and O–H groups in total. The molecule has 2 amide bonds. The second-order valence-electron chi connectivity index (χ2n) is 10.7. The van der Waals surface area contributed by atoms with Gasteiger partial charge in [0.15, 0.2) is 0 Å². The van der Waals surface area contributed by atoms with Gasteiger partial charge in [0.25, 0.3) is 5.91 Å². The fourth-order valence-electron chi connectivity index (χ4n) is 5.87. The van der Waals surface area contributed by atoms with E-state index in [1.54, 1.807) is 5.38 Å². The van der Waals surface area contributed by atoms with E-state index in [0.29, 0.717) is 5.69 Å². The highest BCUT2D eigenvalue weighted by molar-refractivity contribution is 7.09. The van der Waals surface area contributed by atoms with Crippen molar-refractivity contribution in [2.24, 2.45) is 5.92 Å². The highest BCUT2D eigenvalue weighted by Gasteiger charge is 2.36. The van der Waals surface area contributed by atoms with E-state index in [0.717, 1.165) is 71.8 Å². The van der Waals surface area contributed by atoms with E-state index in [9.17, 15) is 9.59 Å². The molecule has 0 radical (unpaired) electrons. The number of aromatic nitrogens is 1. The third-order valence-corrected chi connectivity index (χ3v) is 8.69. The number of nitrogens with zero attached hydrogens (tertiary/aromatic N) is 2. The minimum absolute atomic E-state index is 0.126. The molecule has 1 aromatic heterocycles. The van der Waals surface area contributed by atoms with Crippen molar-refractivity contribution < 1.29 is 14.3 Å². The van der Waals surface area contributed by atoms with Gasteiger partial charge in [0.1, 0.15) is 23.1 Å². The number of amides is 2. The number of anilines is 1. The van der Waals surface area contributed by atoms with Gasteiger partial charge in [-0.05, 0) is 72.7 Å². The van der Waals surface area contributed by atoms with Crippen LogP contribution in [0.15, 0.2) is 78.2 Å². The molecule has 6 rings (SSSR count). The van der Waals surface area contributed by atoms with E-state index < -0.39 is 0 Å². The van der Waals surface area contributed by atoms with Crippen LogP contribution in [-0.2, 0) is 17.8 Å². The average molecular weight is 552 g/mol. The number of thiazole rings is 1. The highest BCUT2D eigenvalue weighted by Crippen LogP contribution is 2.39. The van der Waals surface area contributed by atoms with E-state index in [4.69, 9.17) is 4.74 Å². The third kappa shape index (κ3) is 5.65. The van der Waals surface area contributed by atoms with Crippen LogP contribution in [0.1, 0.15) is 69.5 Å². The summed E-state index contributed by atoms with van der Waals surface area (Å²) in [6.45, 7) is 2.98. The Bertz CT molecular complexity index is 1510. The van der Waals surface area contributed by atoms with Crippen LogP contribution in [-0.4, -0.2) is 28.2 Å². The van der Waals surface area contributed by atoms with Crippen LogP contribution < -0.4 is 10.1 Å². The molecule has 4 aromatic rings. The molecule has 1 aliphatic heterocycles. The monoisotopic (exact) mass is 551 g/mol. The van der Waals surface area contributed by atoms with Crippen molar-refractivity contribution >= 4 is 28.8 Å². The summed E-state index contributed by atoms with van der Waals surface area (Å²) in [5, 5.41) is 5.39. The zero-order chi connectivity index (χ0) is 27.5. The van der Waals surface area contributed by atoms with E-state index in [1.807, 2.05) is 55.5 Å². The Morgan fingerprint density at radius 2 is 1.85 bits per heavy atom. The first-order chi connectivity index (χ1) is 19.5. The SMILES string of the molecule is Cc1cccc(NC(=O)c2csc(COc3ccc4c(c3)C(c3ccccc3)N(C(=O)C3CCCC3)CC4)n2)c1. The van der Waals surface area contributed by atoms with Crippen molar-refractivity contribution in [3.8, 4) is 5.75 Å². The van der Waals surface area contributed by atoms with E-state index >= 15 is 0 Å². The quantitative estimate of drug-likeness (QED) is 0.270. The molecule has 1 aliphatic carbocycles. The molecule has 7 heteroatoms. The molecule has 204 valence electrons. The summed E-state index contributed by atoms with van der Waals surface area (Å²) in [6.07, 6.45) is 5.10. The van der Waals surface area contributed by atoms with Gasteiger partial charge in [-0.1, -0.05) is 61.4 Å². The highest BCUT2D eigenvalue weighted by atomic mass is 32.1. The van der Waals surface area contributed by atoms with Crippen molar-refractivity contribution in [1.82, 2.24) is 9.88 Å². The van der Waals surface area contributed by atoms with Crippen LogP contribution in [0.2, 0.25) is 0 Å². The molecule has 3 aromatic carbocycles. The Morgan fingerprint density at radius 1 is 1.02 bits per heavy atom. The molecule has 2 heterocycles. The van der Waals surface area contributed by atoms with Crippen molar-refractivity contribution in [1.29, 1.82) is 0 Å². The number of aryl methyl sites for hydroxylation is 1. The van der Waals surface area contributed by atoms with Gasteiger partial charge < -0.3 is 15.0 Å². The first-order valence-corrected chi connectivity index (χ1v) is 14.9.